The first-order valence-electron chi connectivity index (χ1n) is 5.49. The SMILES string of the molecule is CN(CC#N)c1cc(N(C)c2cc(Br)cs2)ncn1. The van der Waals surface area contributed by atoms with E-state index in [-0.39, 0.29) is 0 Å². The van der Waals surface area contributed by atoms with Gasteiger partial charge in [-0.15, -0.1) is 11.3 Å². The molecule has 0 saturated carbocycles. The third kappa shape index (κ3) is 3.22. The van der Waals surface area contributed by atoms with E-state index in [1.54, 1.807) is 16.2 Å². The van der Waals surface area contributed by atoms with E-state index < -0.39 is 0 Å². The molecular weight excluding hydrogens is 326 g/mol. The van der Waals surface area contributed by atoms with Crippen molar-refractivity contribution < 1.29 is 0 Å². The maximum atomic E-state index is 8.71. The Bertz CT molecular complexity index is 606. The lowest BCUT2D eigenvalue weighted by molar-refractivity contribution is 0.972. The Morgan fingerprint density at radius 3 is 2.68 bits per heavy atom. The molecule has 2 heterocycles. The van der Waals surface area contributed by atoms with Crippen molar-refractivity contribution in [2.45, 2.75) is 0 Å². The van der Waals surface area contributed by atoms with Gasteiger partial charge < -0.3 is 9.80 Å². The van der Waals surface area contributed by atoms with E-state index in [0.29, 0.717) is 6.54 Å². The van der Waals surface area contributed by atoms with Crippen LogP contribution in [-0.4, -0.2) is 30.6 Å². The van der Waals surface area contributed by atoms with Crippen LogP contribution in [0.3, 0.4) is 0 Å². The predicted molar refractivity (Wildman–Crippen MR) is 81.0 cm³/mol. The molecule has 0 N–H and O–H groups in total. The van der Waals surface area contributed by atoms with Gasteiger partial charge in [0.1, 0.15) is 24.5 Å². The lowest BCUT2D eigenvalue weighted by atomic mass is 10.4. The third-order valence-corrected chi connectivity index (χ3v) is 4.33. The maximum Gasteiger partial charge on any atom is 0.138 e. The largest absolute Gasteiger partial charge is 0.346 e. The molecule has 19 heavy (non-hydrogen) atoms. The van der Waals surface area contributed by atoms with Gasteiger partial charge in [-0.3, -0.25) is 0 Å². The lowest BCUT2D eigenvalue weighted by Crippen LogP contribution is -2.19. The van der Waals surface area contributed by atoms with Gasteiger partial charge in [0.25, 0.3) is 0 Å². The molecule has 0 aromatic carbocycles. The molecule has 0 aliphatic rings. The first-order valence-corrected chi connectivity index (χ1v) is 7.17. The molecule has 0 saturated heterocycles. The van der Waals surface area contributed by atoms with Crippen molar-refractivity contribution in [3.8, 4) is 6.07 Å². The van der Waals surface area contributed by atoms with Crippen LogP contribution in [0.4, 0.5) is 16.6 Å². The molecule has 0 amide bonds. The van der Waals surface area contributed by atoms with E-state index in [1.807, 2.05) is 36.5 Å². The fourth-order valence-corrected chi connectivity index (χ4v) is 2.90. The highest BCUT2D eigenvalue weighted by atomic mass is 79.9. The van der Waals surface area contributed by atoms with Gasteiger partial charge >= 0.3 is 0 Å². The summed E-state index contributed by atoms with van der Waals surface area (Å²) >= 11 is 5.07. The summed E-state index contributed by atoms with van der Waals surface area (Å²) in [4.78, 5) is 12.2. The van der Waals surface area contributed by atoms with Crippen molar-refractivity contribution in [3.63, 3.8) is 0 Å². The van der Waals surface area contributed by atoms with Crippen molar-refractivity contribution in [2.75, 3.05) is 30.4 Å². The summed E-state index contributed by atoms with van der Waals surface area (Å²) in [5.41, 5.74) is 0. The van der Waals surface area contributed by atoms with Gasteiger partial charge in [-0.2, -0.15) is 5.26 Å². The zero-order chi connectivity index (χ0) is 13.8. The van der Waals surface area contributed by atoms with Gasteiger partial charge in [0, 0.05) is 30.0 Å². The number of aromatic nitrogens is 2. The van der Waals surface area contributed by atoms with Crippen molar-refractivity contribution in [3.05, 3.63) is 28.3 Å². The van der Waals surface area contributed by atoms with Crippen LogP contribution in [0.15, 0.2) is 28.3 Å². The third-order valence-electron chi connectivity index (χ3n) is 2.57. The molecule has 0 aliphatic carbocycles. The van der Waals surface area contributed by atoms with Crippen molar-refractivity contribution in [1.82, 2.24) is 9.97 Å². The quantitative estimate of drug-likeness (QED) is 0.802. The highest BCUT2D eigenvalue weighted by Crippen LogP contribution is 2.31. The van der Waals surface area contributed by atoms with E-state index in [4.69, 9.17) is 5.26 Å². The Hall–Kier alpha value is -1.65. The standard InChI is InChI=1S/C12H12BrN5S/c1-17(4-3-14)10-6-11(16-8-15-10)18(2)12-5-9(13)7-19-12/h5-8H,4H2,1-2H3. The molecule has 0 radical (unpaired) electrons. The van der Waals surface area contributed by atoms with Gasteiger partial charge in [0.05, 0.1) is 11.1 Å². The molecule has 0 aliphatic heterocycles. The second-order valence-electron chi connectivity index (χ2n) is 3.91. The van der Waals surface area contributed by atoms with Crippen LogP contribution < -0.4 is 9.80 Å². The molecule has 98 valence electrons. The highest BCUT2D eigenvalue weighted by molar-refractivity contribution is 9.10. The van der Waals surface area contributed by atoms with Crippen LogP contribution in [0.5, 0.6) is 0 Å². The summed E-state index contributed by atoms with van der Waals surface area (Å²) in [7, 11) is 3.78. The second-order valence-corrected chi connectivity index (χ2v) is 5.72. The Labute approximate surface area is 124 Å². The highest BCUT2D eigenvalue weighted by Gasteiger charge is 2.10. The smallest absolute Gasteiger partial charge is 0.138 e. The molecular formula is C12H12BrN5S. The zero-order valence-electron chi connectivity index (χ0n) is 10.5. The summed E-state index contributed by atoms with van der Waals surface area (Å²) in [5.74, 6) is 1.53. The van der Waals surface area contributed by atoms with E-state index in [2.05, 4.69) is 32.0 Å². The molecule has 2 aromatic heterocycles. The average Bonchev–Trinajstić information content (AvgIpc) is 2.85. The number of hydrogen-bond donors (Lipinski definition) is 0. The fraction of sp³-hybridized carbons (Fsp3) is 0.250. The molecule has 2 aromatic rings. The molecule has 0 unspecified atom stereocenters. The van der Waals surface area contributed by atoms with Gasteiger partial charge in [-0.25, -0.2) is 9.97 Å². The molecule has 5 nitrogen and oxygen atoms in total. The summed E-state index contributed by atoms with van der Waals surface area (Å²) in [6.45, 7) is 0.296. The van der Waals surface area contributed by atoms with Gasteiger partial charge in [-0.05, 0) is 22.0 Å². The van der Waals surface area contributed by atoms with Crippen LogP contribution >= 0.6 is 27.3 Å². The summed E-state index contributed by atoms with van der Waals surface area (Å²) in [6, 6.07) is 6.00. The van der Waals surface area contributed by atoms with Gasteiger partial charge in [0.2, 0.25) is 0 Å². The van der Waals surface area contributed by atoms with Crippen LogP contribution in [0.2, 0.25) is 0 Å². The normalized spacial score (nSPS) is 10.0. The fourth-order valence-electron chi connectivity index (χ4n) is 1.51. The first-order chi connectivity index (χ1) is 9.11. The molecule has 2 rings (SSSR count). The van der Waals surface area contributed by atoms with Crippen LogP contribution in [-0.2, 0) is 0 Å². The zero-order valence-corrected chi connectivity index (χ0v) is 12.9. The Morgan fingerprint density at radius 2 is 2.05 bits per heavy atom. The topological polar surface area (TPSA) is 56.1 Å². The number of halogens is 1. The lowest BCUT2D eigenvalue weighted by Gasteiger charge is -2.19. The number of nitriles is 1. The van der Waals surface area contributed by atoms with Crippen molar-refractivity contribution in [2.24, 2.45) is 0 Å². The van der Waals surface area contributed by atoms with Gasteiger partial charge in [0.15, 0.2) is 0 Å². The van der Waals surface area contributed by atoms with Crippen LogP contribution in [0.1, 0.15) is 0 Å². The van der Waals surface area contributed by atoms with Crippen molar-refractivity contribution >= 4 is 43.9 Å². The molecule has 0 bridgehead atoms. The Balaban J connectivity index is 2.26. The second kappa shape index (κ2) is 5.99. The van der Waals surface area contributed by atoms with E-state index in [0.717, 1.165) is 21.1 Å². The summed E-state index contributed by atoms with van der Waals surface area (Å²) in [6.07, 6.45) is 1.51. The average molecular weight is 338 g/mol. The minimum absolute atomic E-state index is 0.296. The summed E-state index contributed by atoms with van der Waals surface area (Å²) < 4.78 is 1.05. The molecule has 0 fully saturated rings. The van der Waals surface area contributed by atoms with Crippen molar-refractivity contribution in [1.29, 1.82) is 5.26 Å². The molecule has 0 atom stereocenters. The number of hydrogen-bond acceptors (Lipinski definition) is 6. The molecule has 0 spiro atoms. The number of thiophene rings is 1. The summed E-state index contributed by atoms with van der Waals surface area (Å²) in [5, 5.41) is 11.8. The number of anilines is 3. The van der Waals surface area contributed by atoms with Crippen LogP contribution in [0, 0.1) is 11.3 Å². The first kappa shape index (κ1) is 13.8. The maximum absolute atomic E-state index is 8.71. The van der Waals surface area contributed by atoms with Crippen LogP contribution in [0.25, 0.3) is 0 Å². The minimum Gasteiger partial charge on any atom is -0.346 e. The predicted octanol–water partition coefficient (Wildman–Crippen LogP) is 3.03. The molecule has 7 heteroatoms. The number of rotatable bonds is 4. The van der Waals surface area contributed by atoms with E-state index in [9.17, 15) is 0 Å². The number of nitrogens with zero attached hydrogens (tertiary/aromatic N) is 5. The minimum atomic E-state index is 0.296. The Kier molecular flexibility index (Phi) is 4.35. The van der Waals surface area contributed by atoms with E-state index >= 15 is 0 Å². The van der Waals surface area contributed by atoms with E-state index in [1.165, 1.54) is 6.33 Å². The monoisotopic (exact) mass is 337 g/mol. The Morgan fingerprint density at radius 1 is 1.32 bits per heavy atom. The van der Waals surface area contributed by atoms with Gasteiger partial charge in [-0.1, -0.05) is 0 Å².